The Morgan fingerprint density at radius 1 is 1.19 bits per heavy atom. The molecule has 1 saturated heterocycles. The van der Waals surface area contributed by atoms with E-state index in [1.54, 1.807) is 4.68 Å². The van der Waals surface area contributed by atoms with Gasteiger partial charge in [-0.1, -0.05) is 24.6 Å². The van der Waals surface area contributed by atoms with E-state index in [1.807, 2.05) is 43.3 Å². The largest absolute Gasteiger partial charge is 0.351 e. The lowest BCUT2D eigenvalue weighted by Crippen LogP contribution is -2.44. The van der Waals surface area contributed by atoms with E-state index in [0.29, 0.717) is 24.3 Å². The fraction of sp³-hybridized carbons (Fsp3) is 0.524. The van der Waals surface area contributed by atoms with Crippen molar-refractivity contribution >= 4 is 5.91 Å². The Morgan fingerprint density at radius 3 is 2.58 bits per heavy atom. The second-order valence-corrected chi connectivity index (χ2v) is 7.39. The van der Waals surface area contributed by atoms with Gasteiger partial charge in [0.05, 0.1) is 11.4 Å². The fourth-order valence-corrected chi connectivity index (χ4v) is 3.90. The zero-order valence-corrected chi connectivity index (χ0v) is 16.1. The summed E-state index contributed by atoms with van der Waals surface area (Å²) < 4.78 is 1.72. The lowest BCUT2D eigenvalue weighted by molar-refractivity contribution is 0.0919. The van der Waals surface area contributed by atoms with E-state index in [-0.39, 0.29) is 5.91 Å². The second kappa shape index (κ2) is 8.49. The second-order valence-electron chi connectivity index (χ2n) is 7.39. The van der Waals surface area contributed by atoms with Crippen LogP contribution in [0.4, 0.5) is 0 Å². The van der Waals surface area contributed by atoms with E-state index >= 15 is 0 Å². The summed E-state index contributed by atoms with van der Waals surface area (Å²) in [6.45, 7) is 8.27. The van der Waals surface area contributed by atoms with E-state index in [0.717, 1.165) is 24.3 Å². The van der Waals surface area contributed by atoms with Crippen molar-refractivity contribution in [3.05, 3.63) is 47.8 Å². The van der Waals surface area contributed by atoms with Gasteiger partial charge >= 0.3 is 0 Å². The van der Waals surface area contributed by atoms with Gasteiger partial charge in [-0.3, -0.25) is 9.69 Å². The number of para-hydroxylation sites is 1. The molecule has 5 nitrogen and oxygen atoms in total. The predicted molar refractivity (Wildman–Crippen MR) is 105 cm³/mol. The van der Waals surface area contributed by atoms with Crippen molar-refractivity contribution in [2.75, 3.05) is 13.1 Å². The Balaban J connectivity index is 1.56. The number of piperidine rings is 1. The number of carbonyl (C=O) groups is 1. The van der Waals surface area contributed by atoms with Gasteiger partial charge in [0.15, 0.2) is 0 Å². The predicted octanol–water partition coefficient (Wildman–Crippen LogP) is 3.56. The summed E-state index contributed by atoms with van der Waals surface area (Å²) >= 11 is 0. The third kappa shape index (κ3) is 4.33. The average molecular weight is 354 g/mol. The molecule has 1 N–H and O–H groups in total. The number of amides is 1. The quantitative estimate of drug-likeness (QED) is 0.807. The van der Waals surface area contributed by atoms with Gasteiger partial charge < -0.3 is 5.32 Å². The summed E-state index contributed by atoms with van der Waals surface area (Å²) in [5.41, 5.74) is 2.34. The highest BCUT2D eigenvalue weighted by molar-refractivity contribution is 5.93. The van der Waals surface area contributed by atoms with Crippen molar-refractivity contribution in [2.45, 2.75) is 58.5 Å². The molecule has 2 aromatic rings. The first kappa shape index (κ1) is 18.6. The third-order valence-corrected chi connectivity index (χ3v) is 5.32. The maximum absolute atomic E-state index is 12.6. The molecule has 26 heavy (non-hydrogen) atoms. The number of benzene rings is 1. The van der Waals surface area contributed by atoms with Crippen molar-refractivity contribution < 1.29 is 4.79 Å². The number of likely N-dealkylation sites (tertiary alicyclic amines) is 1. The minimum Gasteiger partial charge on any atom is -0.351 e. The van der Waals surface area contributed by atoms with Crippen molar-refractivity contribution in [1.29, 1.82) is 0 Å². The first-order valence-corrected chi connectivity index (χ1v) is 9.72. The number of carbonyl (C=O) groups excluding carboxylic acids is 1. The van der Waals surface area contributed by atoms with Crippen LogP contribution in [0.3, 0.4) is 0 Å². The summed E-state index contributed by atoms with van der Waals surface area (Å²) in [5, 5.41) is 7.54. The van der Waals surface area contributed by atoms with E-state index in [1.165, 1.54) is 19.3 Å². The number of nitrogens with one attached hydrogen (secondary N) is 1. The number of nitrogens with zero attached hydrogens (tertiary/aromatic N) is 3. The van der Waals surface area contributed by atoms with Crippen LogP contribution in [0.25, 0.3) is 5.69 Å². The van der Waals surface area contributed by atoms with Gasteiger partial charge in [-0.15, -0.1) is 0 Å². The molecule has 0 radical (unpaired) electrons. The van der Waals surface area contributed by atoms with Gasteiger partial charge in [0.25, 0.3) is 5.91 Å². The zero-order valence-electron chi connectivity index (χ0n) is 16.1. The minimum atomic E-state index is -0.0609. The van der Waals surface area contributed by atoms with Gasteiger partial charge in [0.1, 0.15) is 5.69 Å². The van der Waals surface area contributed by atoms with Crippen molar-refractivity contribution in [1.82, 2.24) is 20.0 Å². The number of hydrogen-bond donors (Lipinski definition) is 1. The number of rotatable bonds is 6. The maximum Gasteiger partial charge on any atom is 0.270 e. The molecular weight excluding hydrogens is 324 g/mol. The highest BCUT2D eigenvalue weighted by Crippen LogP contribution is 2.22. The maximum atomic E-state index is 12.6. The first-order chi connectivity index (χ1) is 12.6. The molecule has 0 bridgehead atoms. The average Bonchev–Trinajstić information content (AvgIpc) is 3.03. The van der Waals surface area contributed by atoms with Gasteiger partial charge in [-0.25, -0.2) is 4.68 Å². The Morgan fingerprint density at radius 2 is 1.88 bits per heavy atom. The third-order valence-electron chi connectivity index (χ3n) is 5.32. The molecule has 2 unspecified atom stereocenters. The SMILES string of the molecule is Cc1cc(C(=O)NCCCN2C(C)CCCC2C)n(-c2ccccc2)n1. The molecule has 140 valence electrons. The topological polar surface area (TPSA) is 50.2 Å². The Hall–Kier alpha value is -2.14. The molecule has 1 aromatic carbocycles. The normalized spacial score (nSPS) is 20.9. The molecule has 1 aromatic heterocycles. The highest BCUT2D eigenvalue weighted by Gasteiger charge is 2.24. The van der Waals surface area contributed by atoms with Crippen molar-refractivity contribution in [3.63, 3.8) is 0 Å². The van der Waals surface area contributed by atoms with Crippen LogP contribution in [0.5, 0.6) is 0 Å². The van der Waals surface area contributed by atoms with E-state index in [4.69, 9.17) is 0 Å². The van der Waals surface area contributed by atoms with Gasteiger partial charge in [0.2, 0.25) is 0 Å². The molecule has 0 aliphatic carbocycles. The fourth-order valence-electron chi connectivity index (χ4n) is 3.90. The number of aromatic nitrogens is 2. The molecule has 1 fully saturated rings. The summed E-state index contributed by atoms with van der Waals surface area (Å²) in [6, 6.07) is 12.9. The smallest absolute Gasteiger partial charge is 0.270 e. The summed E-state index contributed by atoms with van der Waals surface area (Å²) in [5.74, 6) is -0.0609. The van der Waals surface area contributed by atoms with Gasteiger partial charge in [-0.2, -0.15) is 5.10 Å². The number of aryl methyl sites for hydroxylation is 1. The van der Waals surface area contributed by atoms with Gasteiger partial charge in [-0.05, 0) is 58.2 Å². The molecule has 2 atom stereocenters. The van der Waals surface area contributed by atoms with E-state index < -0.39 is 0 Å². The molecule has 1 amide bonds. The first-order valence-electron chi connectivity index (χ1n) is 9.72. The Labute approximate surface area is 156 Å². The molecule has 0 spiro atoms. The lowest BCUT2D eigenvalue weighted by Gasteiger charge is -2.39. The van der Waals surface area contributed by atoms with Crippen LogP contribution in [0.15, 0.2) is 36.4 Å². The van der Waals surface area contributed by atoms with Gasteiger partial charge in [0, 0.05) is 25.2 Å². The minimum absolute atomic E-state index is 0.0609. The van der Waals surface area contributed by atoms with Crippen LogP contribution in [-0.4, -0.2) is 45.8 Å². The standard InChI is InChI=1S/C21H30N4O/c1-16-15-20(25(23-16)19-11-5-4-6-12-19)21(26)22-13-8-14-24-17(2)9-7-10-18(24)3/h4-6,11-12,15,17-18H,7-10,13-14H2,1-3H3,(H,22,26). The molecule has 1 aliphatic rings. The molecule has 2 heterocycles. The van der Waals surface area contributed by atoms with Crippen LogP contribution in [-0.2, 0) is 0 Å². The molecular formula is C21H30N4O. The molecule has 0 saturated carbocycles. The monoisotopic (exact) mass is 354 g/mol. The molecule has 1 aliphatic heterocycles. The van der Waals surface area contributed by atoms with Crippen molar-refractivity contribution in [3.8, 4) is 5.69 Å². The van der Waals surface area contributed by atoms with Crippen LogP contribution in [0, 0.1) is 6.92 Å². The Bertz CT molecular complexity index is 715. The highest BCUT2D eigenvalue weighted by atomic mass is 16.2. The van der Waals surface area contributed by atoms with Crippen LogP contribution < -0.4 is 5.32 Å². The summed E-state index contributed by atoms with van der Waals surface area (Å²) in [6.07, 6.45) is 4.87. The van der Waals surface area contributed by atoms with Crippen LogP contribution in [0.1, 0.15) is 55.7 Å². The Kier molecular flexibility index (Phi) is 6.09. The van der Waals surface area contributed by atoms with E-state index in [2.05, 4.69) is 29.2 Å². The molecule has 5 heteroatoms. The van der Waals surface area contributed by atoms with E-state index in [9.17, 15) is 4.79 Å². The number of hydrogen-bond acceptors (Lipinski definition) is 3. The summed E-state index contributed by atoms with van der Waals surface area (Å²) in [7, 11) is 0. The van der Waals surface area contributed by atoms with Crippen LogP contribution >= 0.6 is 0 Å². The lowest BCUT2D eigenvalue weighted by atomic mass is 9.97. The molecule has 3 rings (SSSR count). The zero-order chi connectivity index (χ0) is 18.5. The summed E-state index contributed by atoms with van der Waals surface area (Å²) in [4.78, 5) is 15.2. The van der Waals surface area contributed by atoms with Crippen LogP contribution in [0.2, 0.25) is 0 Å². The van der Waals surface area contributed by atoms with Crippen molar-refractivity contribution in [2.24, 2.45) is 0 Å².